The van der Waals surface area contributed by atoms with E-state index in [1.807, 2.05) is 0 Å². The minimum atomic E-state index is -0.250. The van der Waals surface area contributed by atoms with Gasteiger partial charge in [-0.1, -0.05) is 248 Å². The van der Waals surface area contributed by atoms with Gasteiger partial charge in [-0.2, -0.15) is 0 Å². The molecule has 4 heteroatoms. The fourth-order valence-electron chi connectivity index (χ4n) is 8.44. The first-order valence-corrected chi connectivity index (χ1v) is 25.1. The second kappa shape index (κ2) is 34.0. The molecule has 322 valence electrons. The molecule has 0 spiro atoms. The molecule has 0 amide bonds. The molecule has 0 aliphatic carbocycles. The first kappa shape index (κ1) is 52.1. The fraction of sp³-hybridized carbons (Fsp3) is 0.882. The summed E-state index contributed by atoms with van der Waals surface area (Å²) in [7, 11) is -0.250. The van der Waals surface area contributed by atoms with E-state index in [1.165, 1.54) is 221 Å². The van der Waals surface area contributed by atoms with Crippen LogP contribution in [0.3, 0.4) is 0 Å². The molecule has 1 aromatic rings. The van der Waals surface area contributed by atoms with Crippen LogP contribution in [0.2, 0.25) is 0 Å². The van der Waals surface area contributed by atoms with Crippen LogP contribution < -0.4 is 4.74 Å². The molecule has 0 saturated heterocycles. The summed E-state index contributed by atoms with van der Waals surface area (Å²) in [5.74, 6) is 1.11. The predicted octanol–water partition coefficient (Wildman–Crippen LogP) is 18.4. The van der Waals surface area contributed by atoms with Crippen LogP contribution in [-0.4, -0.2) is 6.61 Å². The van der Waals surface area contributed by atoms with Crippen molar-refractivity contribution in [3.63, 3.8) is 0 Å². The Morgan fingerprint density at radius 2 is 0.818 bits per heavy atom. The number of hydrogen-bond acceptors (Lipinski definition) is 3. The van der Waals surface area contributed by atoms with Crippen molar-refractivity contribution < 1.29 is 13.8 Å². The molecule has 3 nitrogen and oxygen atoms in total. The van der Waals surface area contributed by atoms with Crippen molar-refractivity contribution >= 4 is 8.69 Å². The minimum absolute atomic E-state index is 0.0688. The Labute approximate surface area is 346 Å². The molecule has 0 unspecified atom stereocenters. The second-order valence-corrected chi connectivity index (χ2v) is 19.7. The number of hydrogen-bond donors (Lipinski definition) is 0. The Kier molecular flexibility index (Phi) is 32.2. The van der Waals surface area contributed by atoms with Crippen molar-refractivity contribution in [3.8, 4) is 5.75 Å². The summed E-state index contributed by atoms with van der Waals surface area (Å²) in [6.45, 7) is 19.6. The lowest BCUT2D eigenvalue weighted by Crippen LogP contribution is -2.23. The highest BCUT2D eigenvalue weighted by Crippen LogP contribution is 2.44. The van der Waals surface area contributed by atoms with Crippen LogP contribution in [0.4, 0.5) is 0 Å². The molecule has 55 heavy (non-hydrogen) atoms. The Balaban J connectivity index is 2.59. The largest absolute Gasteiger partial charge is 0.493 e. The summed E-state index contributed by atoms with van der Waals surface area (Å²) in [4.78, 5) is 0. The van der Waals surface area contributed by atoms with Gasteiger partial charge in [0.25, 0.3) is 0 Å². The maximum atomic E-state index is 11.5. The maximum Gasteiger partial charge on any atom is 0.327 e. The predicted molar refractivity (Wildman–Crippen MR) is 245 cm³/mol. The molecule has 0 saturated carbocycles. The molecule has 0 atom stereocenters. The Bertz CT molecular complexity index is 1040. The molecular formula is C51H95O3P. The highest BCUT2D eigenvalue weighted by molar-refractivity contribution is 7.17. The van der Waals surface area contributed by atoms with Crippen molar-refractivity contribution in [2.45, 2.75) is 285 Å². The van der Waals surface area contributed by atoms with E-state index < -0.39 is 0 Å². The van der Waals surface area contributed by atoms with Gasteiger partial charge >= 0.3 is 8.69 Å². The number of benzene rings is 1. The summed E-state index contributed by atoms with van der Waals surface area (Å²) in [6, 6.07) is 2.32. The van der Waals surface area contributed by atoms with E-state index in [4.69, 9.17) is 9.26 Å². The van der Waals surface area contributed by atoms with Gasteiger partial charge in [0.2, 0.25) is 0 Å². The van der Waals surface area contributed by atoms with E-state index in [1.54, 1.807) is 0 Å². The monoisotopic (exact) mass is 787 g/mol. The minimum Gasteiger partial charge on any atom is -0.493 e. The van der Waals surface area contributed by atoms with Crippen LogP contribution in [-0.2, 0) is 32.9 Å². The van der Waals surface area contributed by atoms with E-state index in [-0.39, 0.29) is 19.5 Å². The maximum absolute atomic E-state index is 11.5. The number of ether oxygens (including phenoxy) is 1. The van der Waals surface area contributed by atoms with E-state index in [0.717, 1.165) is 25.2 Å². The summed E-state index contributed by atoms with van der Waals surface area (Å²) in [6.07, 6.45) is 45.2. The summed E-state index contributed by atoms with van der Waals surface area (Å²) in [5, 5.41) is 0. The van der Waals surface area contributed by atoms with Gasteiger partial charge in [-0.3, -0.25) is 4.52 Å². The van der Waals surface area contributed by atoms with Gasteiger partial charge in [-0.25, -0.2) is 4.57 Å². The first-order chi connectivity index (χ1) is 26.6. The van der Waals surface area contributed by atoms with E-state index in [2.05, 4.69) is 61.5 Å². The quantitative estimate of drug-likeness (QED) is 0.0495. The molecule has 0 radical (unpaired) electrons. The van der Waals surface area contributed by atoms with Gasteiger partial charge in [0.15, 0.2) is 0 Å². The molecule has 0 aromatic heterocycles. The smallest absolute Gasteiger partial charge is 0.327 e. The molecule has 1 rings (SSSR count). The van der Waals surface area contributed by atoms with Gasteiger partial charge in [0.1, 0.15) is 5.75 Å². The van der Waals surface area contributed by atoms with Crippen LogP contribution in [0.15, 0.2) is 6.07 Å². The van der Waals surface area contributed by atoms with Gasteiger partial charge in [-0.05, 0) is 47.3 Å². The Morgan fingerprint density at radius 3 is 1.15 bits per heavy atom. The highest BCUT2D eigenvalue weighted by Gasteiger charge is 2.31. The molecule has 0 heterocycles. The first-order valence-electron chi connectivity index (χ1n) is 24.3. The Hall–Kier alpha value is -0.920. The molecule has 1 aromatic carbocycles. The molecule has 0 aliphatic heterocycles. The van der Waals surface area contributed by atoms with Crippen LogP contribution in [0, 0.1) is 0 Å². The highest BCUT2D eigenvalue weighted by atomic mass is 31.1. The van der Waals surface area contributed by atoms with E-state index in [0.29, 0.717) is 6.61 Å². The molecule has 0 aliphatic rings. The van der Waals surface area contributed by atoms with Crippen molar-refractivity contribution in [3.05, 3.63) is 28.3 Å². The van der Waals surface area contributed by atoms with Gasteiger partial charge < -0.3 is 4.74 Å². The van der Waals surface area contributed by atoms with Crippen LogP contribution in [0.5, 0.6) is 5.75 Å². The summed E-state index contributed by atoms with van der Waals surface area (Å²) < 4.78 is 23.9. The fourth-order valence-corrected chi connectivity index (χ4v) is 8.64. The molecule has 0 N–H and O–H groups in total. The van der Waals surface area contributed by atoms with Crippen molar-refractivity contribution in [2.75, 3.05) is 6.61 Å². The number of rotatable bonds is 38. The third-order valence-electron chi connectivity index (χ3n) is 11.8. The lowest BCUT2D eigenvalue weighted by atomic mass is 9.74. The number of unbranched alkanes of at least 4 members (excludes halogenated alkanes) is 30. The zero-order valence-corrected chi connectivity index (χ0v) is 39.4. The van der Waals surface area contributed by atoms with Gasteiger partial charge in [0.05, 0.1) is 13.2 Å². The third-order valence-corrected chi connectivity index (χ3v) is 12.1. The van der Waals surface area contributed by atoms with Crippen LogP contribution in [0.1, 0.15) is 283 Å². The third kappa shape index (κ3) is 26.7. The Morgan fingerprint density at radius 1 is 0.473 bits per heavy atom. The van der Waals surface area contributed by atoms with Crippen molar-refractivity contribution in [1.82, 2.24) is 0 Å². The van der Waals surface area contributed by atoms with Gasteiger partial charge in [-0.15, -0.1) is 0 Å². The van der Waals surface area contributed by atoms with E-state index in [9.17, 15) is 4.57 Å². The topological polar surface area (TPSA) is 35.5 Å². The normalized spacial score (nSPS) is 12.3. The average Bonchev–Trinajstić information content (AvgIpc) is 3.14. The SMILES string of the molecule is CCCCCCCCCCCCCCCCCCOc1c(C(C)(C)C)cc(COP=O)c(CCCCCCCCCCCCCCCCCC)c1C(C)(C)C. The standard InChI is InChI=1S/C51H95O3P/c1-9-11-13-15-17-19-21-23-25-27-29-31-33-35-37-39-41-46-45(44-54-55-52)43-47(50(3,4)5)49(48(46)51(6,7)8)53-42-40-38-36-34-32-30-28-26-24-22-20-18-16-14-12-10-2/h43H,9-42,44H2,1-8H3. The molecular weight excluding hydrogens is 692 g/mol. The van der Waals surface area contributed by atoms with Crippen LogP contribution in [0.25, 0.3) is 0 Å². The lowest BCUT2D eigenvalue weighted by Gasteiger charge is -2.33. The van der Waals surface area contributed by atoms with Crippen LogP contribution >= 0.6 is 8.69 Å². The van der Waals surface area contributed by atoms with E-state index >= 15 is 0 Å². The zero-order chi connectivity index (χ0) is 40.5. The molecule has 0 fully saturated rings. The second-order valence-electron chi connectivity index (χ2n) is 19.3. The summed E-state index contributed by atoms with van der Waals surface area (Å²) in [5.41, 5.74) is 5.02. The lowest BCUT2D eigenvalue weighted by molar-refractivity contribution is 0.286. The average molecular weight is 787 g/mol. The van der Waals surface area contributed by atoms with Gasteiger partial charge in [0, 0.05) is 11.1 Å². The van der Waals surface area contributed by atoms with Crippen molar-refractivity contribution in [1.29, 1.82) is 0 Å². The van der Waals surface area contributed by atoms with Crippen molar-refractivity contribution in [2.24, 2.45) is 0 Å². The summed E-state index contributed by atoms with van der Waals surface area (Å²) >= 11 is 0. The molecule has 0 bridgehead atoms. The zero-order valence-electron chi connectivity index (χ0n) is 38.5.